The number of ketones is 1. The Morgan fingerprint density at radius 3 is 2.61 bits per heavy atom. The van der Waals surface area contributed by atoms with Gasteiger partial charge in [-0.1, -0.05) is 12.1 Å². The number of aromatic hydroxyl groups is 1. The van der Waals surface area contributed by atoms with Gasteiger partial charge in [-0.15, -0.1) is 0 Å². The highest BCUT2D eigenvalue weighted by Gasteiger charge is 2.33. The Balaban J connectivity index is 1.70. The molecule has 1 atom stereocenters. The molecule has 2 aromatic carbocycles. The predicted octanol–water partition coefficient (Wildman–Crippen LogP) is 2.07. The highest BCUT2D eigenvalue weighted by atomic mass is 16.5. The SMILES string of the molecule is CC(=O)c1ccc2c(c1)N(C(C)C(=O)NCCc1ccc(O)cc1)C(=O)CO2. The molecule has 0 spiro atoms. The quantitative estimate of drug-likeness (QED) is 0.746. The molecule has 146 valence electrons. The van der Waals surface area contributed by atoms with E-state index < -0.39 is 6.04 Å². The summed E-state index contributed by atoms with van der Waals surface area (Å²) in [7, 11) is 0. The summed E-state index contributed by atoms with van der Waals surface area (Å²) in [6.45, 7) is 3.32. The van der Waals surface area contributed by atoms with Crippen LogP contribution in [0.15, 0.2) is 42.5 Å². The minimum atomic E-state index is -0.753. The molecule has 0 bridgehead atoms. The lowest BCUT2D eigenvalue weighted by atomic mass is 10.1. The van der Waals surface area contributed by atoms with E-state index in [2.05, 4.69) is 5.32 Å². The van der Waals surface area contributed by atoms with Crippen LogP contribution in [-0.2, 0) is 16.0 Å². The largest absolute Gasteiger partial charge is 0.508 e. The standard InChI is InChI=1S/C21H22N2O5/c1-13(21(27)22-10-9-15-3-6-17(25)7-4-15)23-18-11-16(14(2)24)5-8-19(18)28-12-20(23)26/h3-8,11,13,25H,9-10,12H2,1-2H3,(H,22,27). The molecule has 1 unspecified atom stereocenters. The summed E-state index contributed by atoms with van der Waals surface area (Å²) in [6.07, 6.45) is 0.598. The van der Waals surface area contributed by atoms with E-state index in [9.17, 15) is 19.5 Å². The zero-order valence-corrected chi connectivity index (χ0v) is 15.8. The molecular formula is C21H22N2O5. The van der Waals surface area contributed by atoms with Crippen LogP contribution in [-0.4, -0.2) is 41.9 Å². The molecule has 7 nitrogen and oxygen atoms in total. The number of hydrogen-bond acceptors (Lipinski definition) is 5. The Morgan fingerprint density at radius 2 is 1.93 bits per heavy atom. The van der Waals surface area contributed by atoms with E-state index in [1.54, 1.807) is 49.4 Å². The van der Waals surface area contributed by atoms with Crippen molar-refractivity contribution in [2.45, 2.75) is 26.3 Å². The predicted molar refractivity (Wildman–Crippen MR) is 104 cm³/mol. The zero-order valence-electron chi connectivity index (χ0n) is 15.8. The van der Waals surface area contributed by atoms with Crippen LogP contribution in [0.2, 0.25) is 0 Å². The second kappa shape index (κ2) is 8.12. The molecule has 3 rings (SSSR count). The molecule has 1 aliphatic heterocycles. The third-order valence-corrected chi connectivity index (χ3v) is 4.66. The van der Waals surface area contributed by atoms with Crippen LogP contribution in [0.25, 0.3) is 0 Å². The Bertz CT molecular complexity index is 908. The number of nitrogens with one attached hydrogen (secondary N) is 1. The first-order valence-electron chi connectivity index (χ1n) is 9.02. The maximum atomic E-state index is 12.6. The summed E-state index contributed by atoms with van der Waals surface area (Å²) in [5, 5.41) is 12.1. The van der Waals surface area contributed by atoms with Crippen molar-refractivity contribution in [1.82, 2.24) is 5.32 Å². The Morgan fingerprint density at radius 1 is 1.21 bits per heavy atom. The Hall–Kier alpha value is -3.35. The van der Waals surface area contributed by atoms with Gasteiger partial charge in [-0.25, -0.2) is 0 Å². The summed E-state index contributed by atoms with van der Waals surface area (Å²) < 4.78 is 5.42. The number of nitrogens with zero attached hydrogens (tertiary/aromatic N) is 1. The van der Waals surface area contributed by atoms with E-state index >= 15 is 0 Å². The number of rotatable bonds is 6. The number of anilines is 1. The van der Waals surface area contributed by atoms with E-state index in [4.69, 9.17) is 4.74 Å². The first kappa shape index (κ1) is 19.4. The van der Waals surface area contributed by atoms with Crippen LogP contribution in [0.3, 0.4) is 0 Å². The molecule has 0 radical (unpaired) electrons. The van der Waals surface area contributed by atoms with Gasteiger partial charge in [-0.2, -0.15) is 0 Å². The van der Waals surface area contributed by atoms with Gasteiger partial charge in [0, 0.05) is 12.1 Å². The van der Waals surface area contributed by atoms with E-state index in [0.29, 0.717) is 30.0 Å². The summed E-state index contributed by atoms with van der Waals surface area (Å²) in [5.74, 6) is -0.112. The van der Waals surface area contributed by atoms with E-state index in [1.165, 1.54) is 11.8 Å². The van der Waals surface area contributed by atoms with Gasteiger partial charge in [-0.3, -0.25) is 19.3 Å². The Kier molecular flexibility index (Phi) is 5.63. The first-order valence-corrected chi connectivity index (χ1v) is 9.02. The molecule has 7 heteroatoms. The van der Waals surface area contributed by atoms with Crippen molar-refractivity contribution < 1.29 is 24.2 Å². The molecule has 0 aromatic heterocycles. The summed E-state index contributed by atoms with van der Waals surface area (Å²) in [6, 6.07) is 10.9. The summed E-state index contributed by atoms with van der Waals surface area (Å²) in [5.41, 5.74) is 1.84. The average Bonchev–Trinajstić information content (AvgIpc) is 2.68. The maximum absolute atomic E-state index is 12.6. The van der Waals surface area contributed by atoms with Gasteiger partial charge in [0.1, 0.15) is 17.5 Å². The second-order valence-corrected chi connectivity index (χ2v) is 6.67. The number of hydrogen-bond donors (Lipinski definition) is 2. The fourth-order valence-electron chi connectivity index (χ4n) is 3.07. The van der Waals surface area contributed by atoms with Crippen LogP contribution in [0.4, 0.5) is 5.69 Å². The molecule has 1 aliphatic rings. The van der Waals surface area contributed by atoms with Gasteiger partial charge >= 0.3 is 0 Å². The van der Waals surface area contributed by atoms with Crippen molar-refractivity contribution in [2.75, 3.05) is 18.1 Å². The number of phenols is 1. The lowest BCUT2D eigenvalue weighted by Gasteiger charge is -2.33. The van der Waals surface area contributed by atoms with Crippen molar-refractivity contribution in [3.8, 4) is 11.5 Å². The third-order valence-electron chi connectivity index (χ3n) is 4.66. The number of phenolic OH excluding ortho intramolecular Hbond substituents is 1. The second-order valence-electron chi connectivity index (χ2n) is 6.67. The summed E-state index contributed by atoms with van der Waals surface area (Å²) in [4.78, 5) is 38.1. The number of ether oxygens (including phenoxy) is 1. The van der Waals surface area contributed by atoms with Crippen LogP contribution in [0.5, 0.6) is 11.5 Å². The van der Waals surface area contributed by atoms with Gasteiger partial charge in [0.25, 0.3) is 5.91 Å². The summed E-state index contributed by atoms with van der Waals surface area (Å²) >= 11 is 0. The minimum absolute atomic E-state index is 0.133. The number of Topliss-reactive ketones (excluding diaryl/α,β-unsaturated/α-hetero) is 1. The van der Waals surface area contributed by atoms with Crippen molar-refractivity contribution in [3.05, 3.63) is 53.6 Å². The molecule has 28 heavy (non-hydrogen) atoms. The van der Waals surface area contributed by atoms with Crippen molar-refractivity contribution >= 4 is 23.3 Å². The molecule has 1 heterocycles. The molecule has 2 aromatic rings. The minimum Gasteiger partial charge on any atom is -0.508 e. The van der Waals surface area contributed by atoms with Crippen LogP contribution in [0, 0.1) is 0 Å². The van der Waals surface area contributed by atoms with Gasteiger partial charge in [0.05, 0.1) is 5.69 Å². The highest BCUT2D eigenvalue weighted by molar-refractivity contribution is 6.05. The molecule has 0 aliphatic carbocycles. The molecule has 2 amide bonds. The van der Waals surface area contributed by atoms with Crippen LogP contribution in [0.1, 0.15) is 29.8 Å². The monoisotopic (exact) mass is 382 g/mol. The lowest BCUT2D eigenvalue weighted by molar-refractivity contribution is -0.127. The van der Waals surface area contributed by atoms with Crippen molar-refractivity contribution in [3.63, 3.8) is 0 Å². The topological polar surface area (TPSA) is 95.9 Å². The number of benzene rings is 2. The average molecular weight is 382 g/mol. The molecule has 0 saturated heterocycles. The van der Waals surface area contributed by atoms with Gasteiger partial charge < -0.3 is 15.2 Å². The number of carbonyl (C=O) groups excluding carboxylic acids is 3. The van der Waals surface area contributed by atoms with Gasteiger partial charge in [0.2, 0.25) is 5.91 Å². The van der Waals surface area contributed by atoms with Crippen molar-refractivity contribution in [2.24, 2.45) is 0 Å². The molecule has 0 fully saturated rings. The Labute approximate surface area is 162 Å². The number of carbonyl (C=O) groups is 3. The number of fused-ring (bicyclic) bond motifs is 1. The number of amides is 2. The molecule has 0 saturated carbocycles. The normalized spacial score (nSPS) is 14.1. The maximum Gasteiger partial charge on any atom is 0.265 e. The molecular weight excluding hydrogens is 360 g/mol. The zero-order chi connectivity index (χ0) is 20.3. The first-order chi connectivity index (χ1) is 13.4. The van der Waals surface area contributed by atoms with E-state index in [1.807, 2.05) is 0 Å². The third kappa shape index (κ3) is 4.14. The fraction of sp³-hybridized carbons (Fsp3) is 0.286. The fourth-order valence-corrected chi connectivity index (χ4v) is 3.07. The molecule has 2 N–H and O–H groups in total. The van der Waals surface area contributed by atoms with E-state index in [0.717, 1.165) is 5.56 Å². The lowest BCUT2D eigenvalue weighted by Crippen LogP contribution is -2.51. The van der Waals surface area contributed by atoms with Crippen LogP contribution < -0.4 is 15.0 Å². The van der Waals surface area contributed by atoms with E-state index in [-0.39, 0.29) is 30.0 Å². The van der Waals surface area contributed by atoms with Gasteiger partial charge in [0.15, 0.2) is 12.4 Å². The highest BCUT2D eigenvalue weighted by Crippen LogP contribution is 2.34. The smallest absolute Gasteiger partial charge is 0.265 e. The van der Waals surface area contributed by atoms with Crippen LogP contribution >= 0.6 is 0 Å². The van der Waals surface area contributed by atoms with Crippen molar-refractivity contribution in [1.29, 1.82) is 0 Å². The van der Waals surface area contributed by atoms with Gasteiger partial charge in [-0.05, 0) is 56.2 Å².